The van der Waals surface area contributed by atoms with Gasteiger partial charge in [0.05, 0.1) is 5.75 Å². The van der Waals surface area contributed by atoms with E-state index < -0.39 is 10.0 Å². The number of primary sulfonamides is 1. The number of benzene rings is 1. The van der Waals surface area contributed by atoms with Gasteiger partial charge in [0, 0.05) is 5.69 Å². The van der Waals surface area contributed by atoms with Gasteiger partial charge in [0.2, 0.25) is 15.9 Å². The zero-order valence-corrected chi connectivity index (χ0v) is 9.88. The number of sulfonamides is 1. The maximum Gasteiger partial charge on any atom is 0.239 e. The summed E-state index contributed by atoms with van der Waals surface area (Å²) in [6, 6.07) is 6.41. The third-order valence-corrected chi connectivity index (χ3v) is 2.68. The molecule has 0 heterocycles. The summed E-state index contributed by atoms with van der Waals surface area (Å²) >= 11 is 5.32. The van der Waals surface area contributed by atoms with Crippen LogP contribution in [0.4, 0.5) is 5.69 Å². The molecule has 1 rings (SSSR count). The first-order valence-corrected chi connectivity index (χ1v) is 6.61. The van der Waals surface area contributed by atoms with Crippen molar-refractivity contribution in [3.05, 3.63) is 29.8 Å². The van der Waals surface area contributed by atoms with Gasteiger partial charge < -0.3 is 5.32 Å². The van der Waals surface area contributed by atoms with E-state index in [9.17, 15) is 13.2 Å². The van der Waals surface area contributed by atoms with E-state index in [0.29, 0.717) is 11.3 Å². The highest BCUT2D eigenvalue weighted by Crippen LogP contribution is 2.12. The van der Waals surface area contributed by atoms with Gasteiger partial charge in [-0.05, 0) is 17.7 Å². The molecule has 0 spiro atoms. The van der Waals surface area contributed by atoms with Crippen molar-refractivity contribution in [1.29, 1.82) is 0 Å². The maximum absolute atomic E-state index is 11.0. The van der Waals surface area contributed by atoms with Gasteiger partial charge in [-0.25, -0.2) is 13.6 Å². The number of anilines is 1. The van der Waals surface area contributed by atoms with Crippen molar-refractivity contribution in [3.63, 3.8) is 0 Å². The summed E-state index contributed by atoms with van der Waals surface area (Å²) < 4.78 is 21.7. The Morgan fingerprint density at radius 3 is 2.69 bits per heavy atom. The third kappa shape index (κ3) is 4.61. The minimum atomic E-state index is -3.57. The molecular weight excluding hydrogens is 252 g/mol. The Balaban J connectivity index is 2.83. The molecule has 0 saturated heterocycles. The molecule has 7 heteroatoms. The van der Waals surface area contributed by atoms with Crippen molar-refractivity contribution in [3.8, 4) is 0 Å². The molecule has 0 aliphatic rings. The summed E-state index contributed by atoms with van der Waals surface area (Å²) in [6.45, 7) is 0. The minimum absolute atomic E-state index is 0.153. The normalized spacial score (nSPS) is 11.1. The average molecular weight is 263 g/mol. The van der Waals surface area contributed by atoms with Crippen LogP contribution >= 0.6 is 11.6 Å². The van der Waals surface area contributed by atoms with Gasteiger partial charge in [-0.1, -0.05) is 12.1 Å². The molecule has 0 fully saturated rings. The lowest BCUT2D eigenvalue weighted by molar-refractivity contribution is -0.113. The number of nitrogens with two attached hydrogens (primary N) is 1. The van der Waals surface area contributed by atoms with Crippen molar-refractivity contribution in [1.82, 2.24) is 0 Å². The standard InChI is InChI=1S/C9H11ClN2O3S/c10-5-9(13)12-8-3-1-2-7(4-8)6-16(11,14)15/h1-4H,5-6H2,(H,12,13)(H2,11,14,15). The lowest BCUT2D eigenvalue weighted by atomic mass is 10.2. The predicted molar refractivity (Wildman–Crippen MR) is 62.6 cm³/mol. The van der Waals surface area contributed by atoms with Crippen LogP contribution in [0.2, 0.25) is 0 Å². The van der Waals surface area contributed by atoms with Crippen LogP contribution in [-0.4, -0.2) is 20.2 Å². The Bertz CT molecular complexity index is 487. The molecule has 0 aliphatic carbocycles. The molecule has 0 bridgehead atoms. The van der Waals surface area contributed by atoms with Crippen LogP contribution in [-0.2, 0) is 20.6 Å². The summed E-state index contributed by atoms with van der Waals surface area (Å²) in [5.74, 6) is -0.772. The lowest BCUT2D eigenvalue weighted by Gasteiger charge is -2.05. The van der Waals surface area contributed by atoms with Crippen molar-refractivity contribution in [2.75, 3.05) is 11.2 Å². The Labute approximate surface area is 98.6 Å². The summed E-state index contributed by atoms with van der Waals surface area (Å²) in [5.41, 5.74) is 1.00. The first-order valence-electron chi connectivity index (χ1n) is 4.36. The fraction of sp³-hybridized carbons (Fsp3) is 0.222. The SMILES string of the molecule is NS(=O)(=O)Cc1cccc(NC(=O)CCl)c1. The fourth-order valence-corrected chi connectivity index (χ4v) is 1.88. The van der Waals surface area contributed by atoms with E-state index in [1.54, 1.807) is 18.2 Å². The van der Waals surface area contributed by atoms with Crippen molar-refractivity contribution in [2.24, 2.45) is 5.14 Å². The molecule has 0 atom stereocenters. The number of hydrogen-bond acceptors (Lipinski definition) is 3. The zero-order chi connectivity index (χ0) is 12.2. The second kappa shape index (κ2) is 5.29. The van der Waals surface area contributed by atoms with Gasteiger partial charge in [0.25, 0.3) is 0 Å². The number of alkyl halides is 1. The third-order valence-electron chi connectivity index (χ3n) is 1.70. The number of amides is 1. The number of hydrogen-bond donors (Lipinski definition) is 2. The Kier molecular flexibility index (Phi) is 4.28. The smallest absolute Gasteiger partial charge is 0.239 e. The van der Waals surface area contributed by atoms with Crippen molar-refractivity contribution in [2.45, 2.75) is 5.75 Å². The maximum atomic E-state index is 11.0. The van der Waals surface area contributed by atoms with E-state index in [-0.39, 0.29) is 17.5 Å². The summed E-state index contributed by atoms with van der Waals surface area (Å²) in [5, 5.41) is 7.42. The highest BCUT2D eigenvalue weighted by Gasteiger charge is 2.06. The van der Waals surface area contributed by atoms with Crippen LogP contribution in [0.1, 0.15) is 5.56 Å². The second-order valence-corrected chi connectivity index (χ2v) is 5.07. The highest BCUT2D eigenvalue weighted by molar-refractivity contribution is 7.88. The van der Waals surface area contributed by atoms with Crippen LogP contribution in [0.3, 0.4) is 0 Å². The van der Waals surface area contributed by atoms with Gasteiger partial charge in [0.1, 0.15) is 5.88 Å². The molecule has 0 unspecified atom stereocenters. The zero-order valence-electron chi connectivity index (χ0n) is 8.31. The topological polar surface area (TPSA) is 89.3 Å². The molecule has 5 nitrogen and oxygen atoms in total. The average Bonchev–Trinajstić information content (AvgIpc) is 2.15. The van der Waals surface area contributed by atoms with Gasteiger partial charge in [-0.2, -0.15) is 0 Å². The summed E-state index contributed by atoms with van der Waals surface area (Å²) in [7, 11) is -3.57. The summed E-state index contributed by atoms with van der Waals surface area (Å²) in [4.78, 5) is 11.0. The van der Waals surface area contributed by atoms with Crippen LogP contribution < -0.4 is 10.5 Å². The van der Waals surface area contributed by atoms with E-state index in [4.69, 9.17) is 16.7 Å². The predicted octanol–water partition coefficient (Wildman–Crippen LogP) is 0.652. The molecule has 0 aliphatic heterocycles. The molecule has 16 heavy (non-hydrogen) atoms. The number of nitrogens with one attached hydrogen (secondary N) is 1. The minimum Gasteiger partial charge on any atom is -0.325 e. The molecular formula is C9H11ClN2O3S. The fourth-order valence-electron chi connectivity index (χ4n) is 1.17. The molecule has 0 aromatic heterocycles. The van der Waals surface area contributed by atoms with Gasteiger partial charge in [0.15, 0.2) is 0 Å². The number of halogens is 1. The van der Waals surface area contributed by atoms with Crippen molar-refractivity contribution >= 4 is 33.2 Å². The number of carbonyl (C=O) groups is 1. The highest BCUT2D eigenvalue weighted by atomic mass is 35.5. The molecule has 1 aromatic rings. The second-order valence-electron chi connectivity index (χ2n) is 3.19. The summed E-state index contributed by atoms with van der Waals surface area (Å²) in [6.07, 6.45) is 0. The van der Waals surface area contributed by atoms with Crippen LogP contribution in [0.15, 0.2) is 24.3 Å². The molecule has 1 amide bonds. The molecule has 88 valence electrons. The number of rotatable bonds is 4. The molecule has 1 aromatic carbocycles. The van der Waals surface area contributed by atoms with E-state index in [0.717, 1.165) is 0 Å². The molecule has 3 N–H and O–H groups in total. The van der Waals surface area contributed by atoms with E-state index in [2.05, 4.69) is 5.32 Å². The van der Waals surface area contributed by atoms with E-state index in [1.807, 2.05) is 0 Å². The molecule has 0 saturated carbocycles. The Hall–Kier alpha value is -1.11. The monoisotopic (exact) mass is 262 g/mol. The van der Waals surface area contributed by atoms with Crippen LogP contribution in [0.5, 0.6) is 0 Å². The van der Waals surface area contributed by atoms with Crippen LogP contribution in [0, 0.1) is 0 Å². The van der Waals surface area contributed by atoms with Gasteiger partial charge in [-0.15, -0.1) is 11.6 Å². The molecule has 0 radical (unpaired) electrons. The first kappa shape index (κ1) is 13.0. The van der Waals surface area contributed by atoms with Gasteiger partial charge in [-0.3, -0.25) is 4.79 Å². The van der Waals surface area contributed by atoms with Crippen molar-refractivity contribution < 1.29 is 13.2 Å². The quantitative estimate of drug-likeness (QED) is 0.781. The lowest BCUT2D eigenvalue weighted by Crippen LogP contribution is -2.15. The van der Waals surface area contributed by atoms with Gasteiger partial charge >= 0.3 is 0 Å². The largest absolute Gasteiger partial charge is 0.325 e. The van der Waals surface area contributed by atoms with E-state index in [1.165, 1.54) is 6.07 Å². The van der Waals surface area contributed by atoms with Crippen LogP contribution in [0.25, 0.3) is 0 Å². The van der Waals surface area contributed by atoms with E-state index >= 15 is 0 Å². The Morgan fingerprint density at radius 1 is 1.44 bits per heavy atom. The first-order chi connectivity index (χ1) is 7.40. The Morgan fingerprint density at radius 2 is 2.12 bits per heavy atom. The number of carbonyl (C=O) groups excluding carboxylic acids is 1.